The second-order valence-corrected chi connectivity index (χ2v) is 6.74. The molecule has 2 heterocycles. The van der Waals surface area contributed by atoms with Crippen molar-refractivity contribution in [1.82, 2.24) is 5.16 Å². The van der Waals surface area contributed by atoms with Gasteiger partial charge < -0.3 is 9.63 Å². The summed E-state index contributed by atoms with van der Waals surface area (Å²) in [4.78, 5) is 10.7. The van der Waals surface area contributed by atoms with Crippen LogP contribution in [0.15, 0.2) is 20.9 Å². The molecule has 0 aliphatic heterocycles. The van der Waals surface area contributed by atoms with Crippen molar-refractivity contribution in [3.05, 3.63) is 28.3 Å². The molecule has 0 radical (unpaired) electrons. The molecule has 0 atom stereocenters. The molecular weight excluding hydrogens is 292 g/mol. The summed E-state index contributed by atoms with van der Waals surface area (Å²) in [5, 5.41) is 12.4. The van der Waals surface area contributed by atoms with Crippen LogP contribution in [0, 0.1) is 13.8 Å². The van der Waals surface area contributed by atoms with Gasteiger partial charge in [-0.1, -0.05) is 5.16 Å². The predicted octanol–water partition coefficient (Wildman–Crippen LogP) is 1.85. The van der Waals surface area contributed by atoms with E-state index in [0.29, 0.717) is 22.6 Å². The number of aromatic carboxylic acids is 1. The maximum absolute atomic E-state index is 12.0. The Kier molecular flexibility index (Phi) is 3.33. The van der Waals surface area contributed by atoms with Crippen molar-refractivity contribution < 1.29 is 22.8 Å². The van der Waals surface area contributed by atoms with Crippen molar-refractivity contribution in [3.8, 4) is 0 Å². The normalized spacial score (nSPS) is 11.5. The fraction of sp³-hybridized carbons (Fsp3) is 0.200. The third-order valence-electron chi connectivity index (χ3n) is 2.44. The zero-order valence-corrected chi connectivity index (χ0v) is 11.6. The zero-order chi connectivity index (χ0) is 14.2. The zero-order valence-electron chi connectivity index (χ0n) is 10.00. The number of sulfonamides is 1. The molecule has 2 aromatic heterocycles. The lowest BCUT2D eigenvalue weighted by Gasteiger charge is -2.02. The van der Waals surface area contributed by atoms with E-state index >= 15 is 0 Å². The molecule has 2 aromatic rings. The van der Waals surface area contributed by atoms with Crippen molar-refractivity contribution in [3.63, 3.8) is 0 Å². The predicted molar refractivity (Wildman–Crippen MR) is 68.1 cm³/mol. The van der Waals surface area contributed by atoms with Gasteiger partial charge >= 0.3 is 5.97 Å². The van der Waals surface area contributed by atoms with Crippen LogP contribution >= 0.6 is 11.3 Å². The first-order valence-electron chi connectivity index (χ1n) is 5.10. The van der Waals surface area contributed by atoms with Crippen molar-refractivity contribution in [2.24, 2.45) is 0 Å². The Hall–Kier alpha value is -1.87. The fourth-order valence-corrected chi connectivity index (χ4v) is 3.45. The highest BCUT2D eigenvalue weighted by atomic mass is 32.2. The molecule has 0 saturated carbocycles. The number of aryl methyl sites for hydroxylation is 1. The van der Waals surface area contributed by atoms with E-state index in [1.54, 1.807) is 13.8 Å². The fourth-order valence-electron chi connectivity index (χ4n) is 1.26. The summed E-state index contributed by atoms with van der Waals surface area (Å²) in [5.41, 5.74) is 1.16. The van der Waals surface area contributed by atoms with Crippen LogP contribution in [0.25, 0.3) is 0 Å². The van der Waals surface area contributed by atoms with Gasteiger partial charge in [-0.2, -0.15) is 0 Å². The lowest BCUT2D eigenvalue weighted by molar-refractivity contribution is 0.0702. The van der Waals surface area contributed by atoms with E-state index in [4.69, 9.17) is 9.63 Å². The number of nitrogens with zero attached hydrogens (tertiary/aromatic N) is 1. The van der Waals surface area contributed by atoms with Crippen LogP contribution in [0.3, 0.4) is 0 Å². The van der Waals surface area contributed by atoms with Gasteiger partial charge in [-0.15, -0.1) is 11.3 Å². The summed E-state index contributed by atoms with van der Waals surface area (Å²) in [7, 11) is -3.86. The number of nitrogens with one attached hydrogen (secondary N) is 1. The van der Waals surface area contributed by atoms with Gasteiger partial charge in [0.2, 0.25) is 5.88 Å². The van der Waals surface area contributed by atoms with Crippen LogP contribution in [-0.4, -0.2) is 24.7 Å². The SMILES string of the molecule is Cc1noc(NS(=O)(=O)c2ccc(C(=O)O)s2)c1C. The number of rotatable bonds is 4. The molecule has 0 aliphatic carbocycles. The molecule has 19 heavy (non-hydrogen) atoms. The van der Waals surface area contributed by atoms with E-state index in [2.05, 4.69) is 9.88 Å². The van der Waals surface area contributed by atoms with Crippen LogP contribution in [0.2, 0.25) is 0 Å². The minimum atomic E-state index is -3.86. The first kappa shape index (κ1) is 13.6. The Morgan fingerprint density at radius 1 is 1.42 bits per heavy atom. The molecular formula is C10H10N2O5S2. The molecule has 102 valence electrons. The summed E-state index contributed by atoms with van der Waals surface area (Å²) in [6.07, 6.45) is 0. The highest BCUT2D eigenvalue weighted by Crippen LogP contribution is 2.26. The van der Waals surface area contributed by atoms with Gasteiger partial charge in [0.1, 0.15) is 9.09 Å². The standard InChI is InChI=1S/C10H10N2O5S2/c1-5-6(2)11-17-9(5)12-19(15,16)8-4-3-7(18-8)10(13)14/h3-4,12H,1-2H3,(H,13,14). The molecule has 0 fully saturated rings. The van der Waals surface area contributed by atoms with Crippen molar-refractivity contribution in [2.75, 3.05) is 4.72 Å². The Bertz CT molecular complexity index is 729. The minimum Gasteiger partial charge on any atom is -0.477 e. The van der Waals surface area contributed by atoms with E-state index in [0.717, 1.165) is 0 Å². The van der Waals surface area contributed by atoms with Crippen LogP contribution in [-0.2, 0) is 10.0 Å². The average Bonchev–Trinajstić information content (AvgIpc) is 2.92. The number of carboxylic acids is 1. The third kappa shape index (κ3) is 2.61. The summed E-state index contributed by atoms with van der Waals surface area (Å²) in [6, 6.07) is 2.47. The highest BCUT2D eigenvalue weighted by Gasteiger charge is 2.22. The van der Waals surface area contributed by atoms with E-state index in [1.165, 1.54) is 12.1 Å². The molecule has 2 N–H and O–H groups in total. The lowest BCUT2D eigenvalue weighted by Crippen LogP contribution is -2.11. The van der Waals surface area contributed by atoms with Gasteiger partial charge in [0.15, 0.2) is 0 Å². The van der Waals surface area contributed by atoms with E-state index in [9.17, 15) is 13.2 Å². The number of aromatic nitrogens is 1. The molecule has 0 unspecified atom stereocenters. The van der Waals surface area contributed by atoms with E-state index in [-0.39, 0.29) is 15.0 Å². The van der Waals surface area contributed by atoms with Crippen LogP contribution in [0.4, 0.5) is 5.88 Å². The largest absolute Gasteiger partial charge is 0.477 e. The molecule has 9 heteroatoms. The summed E-state index contributed by atoms with van der Waals surface area (Å²) in [5.74, 6) is -1.14. The van der Waals surface area contributed by atoms with Crippen molar-refractivity contribution >= 4 is 33.2 Å². The molecule has 0 aromatic carbocycles. The van der Waals surface area contributed by atoms with Crippen molar-refractivity contribution in [2.45, 2.75) is 18.1 Å². The monoisotopic (exact) mass is 302 g/mol. The minimum absolute atomic E-state index is 0.0303. The molecule has 0 saturated heterocycles. The van der Waals surface area contributed by atoms with Gasteiger partial charge in [-0.3, -0.25) is 0 Å². The molecule has 0 aliphatic rings. The Balaban J connectivity index is 2.32. The highest BCUT2D eigenvalue weighted by molar-refractivity contribution is 7.94. The van der Waals surface area contributed by atoms with Gasteiger partial charge in [-0.05, 0) is 26.0 Å². The quantitative estimate of drug-likeness (QED) is 0.892. The average molecular weight is 302 g/mol. The number of hydrogen-bond acceptors (Lipinski definition) is 6. The van der Waals surface area contributed by atoms with Crippen LogP contribution in [0.1, 0.15) is 20.9 Å². The van der Waals surface area contributed by atoms with Gasteiger partial charge in [0.25, 0.3) is 10.0 Å². The maximum Gasteiger partial charge on any atom is 0.345 e. The van der Waals surface area contributed by atoms with Crippen LogP contribution in [0.5, 0.6) is 0 Å². The second-order valence-electron chi connectivity index (χ2n) is 3.75. The summed E-state index contributed by atoms with van der Waals surface area (Å²) < 4.78 is 31.0. The van der Waals surface area contributed by atoms with E-state index < -0.39 is 16.0 Å². The second kappa shape index (κ2) is 4.67. The third-order valence-corrected chi connectivity index (χ3v) is 5.34. The van der Waals surface area contributed by atoms with Gasteiger partial charge in [0.05, 0.1) is 5.69 Å². The summed E-state index contributed by atoms with van der Waals surface area (Å²) in [6.45, 7) is 3.35. The lowest BCUT2D eigenvalue weighted by atomic mass is 10.3. The number of carboxylic acid groups (broad SMARTS) is 1. The Labute approximate surface area is 112 Å². The van der Waals surface area contributed by atoms with Gasteiger partial charge in [-0.25, -0.2) is 17.9 Å². The number of carbonyl (C=O) groups is 1. The first-order chi connectivity index (χ1) is 8.81. The maximum atomic E-state index is 12.0. The molecule has 0 amide bonds. The van der Waals surface area contributed by atoms with Crippen molar-refractivity contribution in [1.29, 1.82) is 0 Å². The smallest absolute Gasteiger partial charge is 0.345 e. The Morgan fingerprint density at radius 2 is 2.11 bits per heavy atom. The van der Waals surface area contributed by atoms with E-state index in [1.807, 2.05) is 0 Å². The molecule has 0 spiro atoms. The number of anilines is 1. The van der Waals surface area contributed by atoms with Crippen LogP contribution < -0.4 is 4.72 Å². The molecule has 0 bridgehead atoms. The topological polar surface area (TPSA) is 110 Å². The summed E-state index contributed by atoms with van der Waals surface area (Å²) >= 11 is 0.668. The first-order valence-corrected chi connectivity index (χ1v) is 7.40. The Morgan fingerprint density at radius 3 is 2.58 bits per heavy atom. The number of hydrogen-bond donors (Lipinski definition) is 2. The molecule has 2 rings (SSSR count). The number of thiophene rings is 1. The molecule has 7 nitrogen and oxygen atoms in total. The van der Waals surface area contributed by atoms with Gasteiger partial charge in [0, 0.05) is 5.56 Å².